The summed E-state index contributed by atoms with van der Waals surface area (Å²) in [5, 5.41) is 16.8. The van der Waals surface area contributed by atoms with Gasteiger partial charge in [0.05, 0.1) is 11.9 Å². The molecule has 0 radical (unpaired) electrons. The molecule has 0 aliphatic heterocycles. The minimum absolute atomic E-state index is 0.00884. The molecule has 92 valence electrons. The van der Waals surface area contributed by atoms with E-state index in [0.29, 0.717) is 5.13 Å². The van der Waals surface area contributed by atoms with Crippen molar-refractivity contribution in [1.82, 2.24) is 14.6 Å². The molecule has 0 fully saturated rings. The standard InChI is InChI=1S/C10H14N4O2S/c1-5(2)7(8(15)16)12-9-13-14-4-6(3)11-10(14)17-9/h4-5,7H,1-3H3,(H,12,13)(H,15,16)/t7-/m1/s1. The van der Waals surface area contributed by atoms with Gasteiger partial charge in [0.1, 0.15) is 6.04 Å². The molecule has 2 heterocycles. The van der Waals surface area contributed by atoms with Crippen LogP contribution in [0.4, 0.5) is 5.13 Å². The summed E-state index contributed by atoms with van der Waals surface area (Å²) < 4.78 is 1.65. The van der Waals surface area contributed by atoms with E-state index in [0.717, 1.165) is 10.7 Å². The lowest BCUT2D eigenvalue weighted by molar-refractivity contribution is -0.138. The smallest absolute Gasteiger partial charge is 0.326 e. The number of anilines is 1. The Morgan fingerprint density at radius 1 is 1.59 bits per heavy atom. The molecule has 7 heteroatoms. The number of aryl methyl sites for hydroxylation is 1. The predicted molar refractivity (Wildman–Crippen MR) is 65.5 cm³/mol. The monoisotopic (exact) mass is 254 g/mol. The molecule has 2 aromatic rings. The topological polar surface area (TPSA) is 79.5 Å². The molecule has 0 aliphatic carbocycles. The lowest BCUT2D eigenvalue weighted by atomic mass is 10.1. The fourth-order valence-corrected chi connectivity index (χ4v) is 2.38. The highest BCUT2D eigenvalue weighted by Gasteiger charge is 2.22. The molecule has 2 aromatic heterocycles. The summed E-state index contributed by atoms with van der Waals surface area (Å²) >= 11 is 1.35. The van der Waals surface area contributed by atoms with Crippen molar-refractivity contribution in [2.75, 3.05) is 5.32 Å². The van der Waals surface area contributed by atoms with E-state index in [1.807, 2.05) is 27.0 Å². The number of carboxylic acids is 1. The Hall–Kier alpha value is -1.63. The van der Waals surface area contributed by atoms with Gasteiger partial charge in [-0.25, -0.2) is 14.3 Å². The van der Waals surface area contributed by atoms with E-state index in [9.17, 15) is 4.79 Å². The van der Waals surface area contributed by atoms with Crippen molar-refractivity contribution in [3.05, 3.63) is 11.9 Å². The number of rotatable bonds is 4. The van der Waals surface area contributed by atoms with Gasteiger partial charge < -0.3 is 10.4 Å². The van der Waals surface area contributed by atoms with Crippen LogP contribution in [0, 0.1) is 12.8 Å². The summed E-state index contributed by atoms with van der Waals surface area (Å²) in [6.07, 6.45) is 1.81. The van der Waals surface area contributed by atoms with Crippen LogP contribution in [0.15, 0.2) is 6.20 Å². The fraction of sp³-hybridized carbons (Fsp3) is 0.500. The van der Waals surface area contributed by atoms with Crippen molar-refractivity contribution in [2.45, 2.75) is 26.8 Å². The maximum Gasteiger partial charge on any atom is 0.326 e. The number of fused-ring (bicyclic) bond motifs is 1. The van der Waals surface area contributed by atoms with Gasteiger partial charge in [0, 0.05) is 0 Å². The minimum atomic E-state index is -0.871. The van der Waals surface area contributed by atoms with Gasteiger partial charge in [0.2, 0.25) is 10.1 Å². The first-order valence-electron chi connectivity index (χ1n) is 5.29. The van der Waals surface area contributed by atoms with Gasteiger partial charge >= 0.3 is 5.97 Å². The van der Waals surface area contributed by atoms with Gasteiger partial charge in [-0.1, -0.05) is 25.2 Å². The first-order chi connectivity index (χ1) is 7.97. The van der Waals surface area contributed by atoms with Crippen LogP contribution in [-0.2, 0) is 4.79 Å². The number of hydrogen-bond acceptors (Lipinski definition) is 5. The second-order valence-corrected chi connectivity index (χ2v) is 5.18. The molecule has 0 aliphatic rings. The molecule has 6 nitrogen and oxygen atoms in total. The molecule has 0 bridgehead atoms. The number of aliphatic carboxylic acids is 1. The maximum absolute atomic E-state index is 11.0. The number of nitrogens with one attached hydrogen (secondary N) is 1. The summed E-state index contributed by atoms with van der Waals surface area (Å²) in [6.45, 7) is 5.60. The van der Waals surface area contributed by atoms with Crippen LogP contribution in [0.1, 0.15) is 19.5 Å². The maximum atomic E-state index is 11.0. The third-order valence-electron chi connectivity index (χ3n) is 2.38. The molecule has 0 spiro atoms. The summed E-state index contributed by atoms with van der Waals surface area (Å²) in [5.74, 6) is -0.880. The van der Waals surface area contributed by atoms with Crippen LogP contribution in [-0.4, -0.2) is 31.7 Å². The van der Waals surface area contributed by atoms with Crippen LogP contribution in [0.25, 0.3) is 4.96 Å². The van der Waals surface area contributed by atoms with E-state index >= 15 is 0 Å². The molecule has 0 aromatic carbocycles. The third kappa shape index (κ3) is 2.38. The SMILES string of the molecule is Cc1cn2nc(N[C@@H](C(=O)O)C(C)C)sc2n1. The van der Waals surface area contributed by atoms with Gasteiger partial charge in [-0.15, -0.1) is 5.10 Å². The first kappa shape index (κ1) is 11.8. The zero-order valence-corrected chi connectivity index (χ0v) is 10.7. The molecule has 0 unspecified atom stereocenters. The van der Waals surface area contributed by atoms with Crippen LogP contribution in [0.3, 0.4) is 0 Å². The summed E-state index contributed by atoms with van der Waals surface area (Å²) in [5.41, 5.74) is 0.897. The Bertz CT molecular complexity index is 514. The van der Waals surface area contributed by atoms with E-state index in [1.165, 1.54) is 11.3 Å². The Labute approximate surface area is 102 Å². The van der Waals surface area contributed by atoms with E-state index in [4.69, 9.17) is 5.11 Å². The van der Waals surface area contributed by atoms with E-state index < -0.39 is 12.0 Å². The number of imidazole rings is 1. The van der Waals surface area contributed by atoms with Crippen molar-refractivity contribution in [3.63, 3.8) is 0 Å². The molecule has 2 N–H and O–H groups in total. The molecular formula is C10H14N4O2S. The Morgan fingerprint density at radius 3 is 2.82 bits per heavy atom. The molecule has 0 saturated heterocycles. The van der Waals surface area contributed by atoms with E-state index in [2.05, 4.69) is 15.4 Å². The zero-order chi connectivity index (χ0) is 12.6. The van der Waals surface area contributed by atoms with Crippen LogP contribution < -0.4 is 5.32 Å². The lowest BCUT2D eigenvalue weighted by Gasteiger charge is -2.16. The second-order valence-electron chi connectivity index (χ2n) is 4.22. The van der Waals surface area contributed by atoms with Crippen molar-refractivity contribution in [1.29, 1.82) is 0 Å². The number of nitrogens with zero attached hydrogens (tertiary/aromatic N) is 3. The van der Waals surface area contributed by atoms with E-state index in [1.54, 1.807) is 4.52 Å². The van der Waals surface area contributed by atoms with Crippen molar-refractivity contribution in [2.24, 2.45) is 5.92 Å². The van der Waals surface area contributed by atoms with Crippen LogP contribution in [0.2, 0.25) is 0 Å². The number of carbonyl (C=O) groups is 1. The first-order valence-corrected chi connectivity index (χ1v) is 6.11. The molecule has 0 amide bonds. The van der Waals surface area contributed by atoms with Crippen molar-refractivity contribution in [3.8, 4) is 0 Å². The number of carboxylic acid groups (broad SMARTS) is 1. The van der Waals surface area contributed by atoms with Crippen molar-refractivity contribution < 1.29 is 9.90 Å². The van der Waals surface area contributed by atoms with Crippen molar-refractivity contribution >= 4 is 27.4 Å². The molecular weight excluding hydrogens is 240 g/mol. The van der Waals surface area contributed by atoms with E-state index in [-0.39, 0.29) is 5.92 Å². The molecule has 17 heavy (non-hydrogen) atoms. The highest BCUT2D eigenvalue weighted by molar-refractivity contribution is 7.20. The normalized spacial score (nSPS) is 13.2. The lowest BCUT2D eigenvalue weighted by Crippen LogP contribution is -2.34. The summed E-state index contributed by atoms with van der Waals surface area (Å²) in [7, 11) is 0. The molecule has 0 saturated carbocycles. The number of aromatic nitrogens is 3. The summed E-state index contributed by atoms with van der Waals surface area (Å²) in [4.78, 5) is 16.1. The molecule has 1 atom stereocenters. The fourth-order valence-electron chi connectivity index (χ4n) is 1.51. The second kappa shape index (κ2) is 4.33. The highest BCUT2D eigenvalue weighted by atomic mass is 32.1. The van der Waals surface area contributed by atoms with Crippen LogP contribution in [0.5, 0.6) is 0 Å². The average Bonchev–Trinajstić information content (AvgIpc) is 2.69. The van der Waals surface area contributed by atoms with Gasteiger partial charge in [-0.05, 0) is 12.8 Å². The van der Waals surface area contributed by atoms with Gasteiger partial charge in [-0.3, -0.25) is 0 Å². The Morgan fingerprint density at radius 2 is 2.29 bits per heavy atom. The van der Waals surface area contributed by atoms with Gasteiger partial charge in [0.15, 0.2) is 0 Å². The highest BCUT2D eigenvalue weighted by Crippen LogP contribution is 2.21. The quantitative estimate of drug-likeness (QED) is 0.866. The Balaban J connectivity index is 2.22. The minimum Gasteiger partial charge on any atom is -0.480 e. The molecule has 2 rings (SSSR count). The largest absolute Gasteiger partial charge is 0.480 e. The zero-order valence-electron chi connectivity index (χ0n) is 9.84. The average molecular weight is 254 g/mol. The van der Waals surface area contributed by atoms with Gasteiger partial charge in [0.25, 0.3) is 0 Å². The Kier molecular flexibility index (Phi) is 3.01. The third-order valence-corrected chi connectivity index (χ3v) is 3.23. The van der Waals surface area contributed by atoms with Gasteiger partial charge in [-0.2, -0.15) is 0 Å². The summed E-state index contributed by atoms with van der Waals surface area (Å²) in [6, 6.07) is -0.632. The predicted octanol–water partition coefficient (Wildman–Crippen LogP) is 1.62. The number of hydrogen-bond donors (Lipinski definition) is 2. The van der Waals surface area contributed by atoms with Crippen LogP contribution >= 0.6 is 11.3 Å².